The molecule has 40 heavy (non-hydrogen) atoms. The third kappa shape index (κ3) is 8.55. The van der Waals surface area contributed by atoms with Gasteiger partial charge in [0.15, 0.2) is 17.0 Å². The quantitative estimate of drug-likeness (QED) is 0.254. The van der Waals surface area contributed by atoms with E-state index in [0.717, 1.165) is 6.07 Å². The highest BCUT2D eigenvalue weighted by atomic mass is 32.2. The summed E-state index contributed by atoms with van der Waals surface area (Å²) in [5.74, 6) is -3.87. The van der Waals surface area contributed by atoms with Crippen molar-refractivity contribution in [2.45, 2.75) is 57.1 Å². The summed E-state index contributed by atoms with van der Waals surface area (Å²) < 4.78 is 45.7. The van der Waals surface area contributed by atoms with Crippen LogP contribution in [0.3, 0.4) is 0 Å². The molecule has 3 rings (SSSR count). The van der Waals surface area contributed by atoms with Gasteiger partial charge in [0.05, 0.1) is 25.4 Å². The lowest BCUT2D eigenvalue weighted by atomic mass is 10.0. The number of amides is 2. The fourth-order valence-corrected chi connectivity index (χ4v) is 5.56. The van der Waals surface area contributed by atoms with E-state index in [-0.39, 0.29) is 54.7 Å². The molecular formula is C27H36F3N5O4S. The number of hydrogen-bond donors (Lipinski definition) is 3. The Morgan fingerprint density at radius 1 is 1.20 bits per heavy atom. The fraction of sp³-hybridized carbons (Fsp3) is 0.556. The molecule has 1 fully saturated rings. The molecular weight excluding hydrogens is 547 g/mol. The largest absolute Gasteiger partial charge is 0.465 e. The summed E-state index contributed by atoms with van der Waals surface area (Å²) in [6.07, 6.45) is 3.33. The highest BCUT2D eigenvalue weighted by molar-refractivity contribution is 8.00. The number of hydrogen-bond acceptors (Lipinski definition) is 8. The fourth-order valence-electron chi connectivity index (χ4n) is 4.40. The molecule has 0 bridgehead atoms. The number of dihydropyridines is 1. The molecule has 2 heterocycles. The minimum Gasteiger partial charge on any atom is -0.465 e. The number of nitrogens with one attached hydrogen (secondary N) is 2. The average Bonchev–Trinajstić information content (AvgIpc) is 3.40. The minimum atomic E-state index is -1.30. The van der Waals surface area contributed by atoms with Crippen molar-refractivity contribution in [3.05, 3.63) is 47.3 Å². The molecule has 0 spiro atoms. The molecule has 0 radical (unpaired) electrons. The third-order valence-corrected chi connectivity index (χ3v) is 7.70. The van der Waals surface area contributed by atoms with Crippen molar-refractivity contribution in [2.75, 3.05) is 32.0 Å². The molecule has 13 heteroatoms. The zero-order valence-electron chi connectivity index (χ0n) is 22.8. The van der Waals surface area contributed by atoms with Gasteiger partial charge in [0.1, 0.15) is 11.9 Å². The molecule has 1 aromatic rings. The molecule has 9 nitrogen and oxygen atoms in total. The van der Waals surface area contributed by atoms with E-state index in [2.05, 4.69) is 15.6 Å². The minimum absolute atomic E-state index is 0.0355. The van der Waals surface area contributed by atoms with Crippen molar-refractivity contribution in [1.82, 2.24) is 15.5 Å². The van der Waals surface area contributed by atoms with Gasteiger partial charge in [-0.05, 0) is 37.0 Å². The van der Waals surface area contributed by atoms with Gasteiger partial charge in [0.2, 0.25) is 5.91 Å². The maximum absolute atomic E-state index is 14.0. The Hall–Kier alpha value is -2.90. The molecule has 0 aromatic heterocycles. The van der Waals surface area contributed by atoms with Crippen molar-refractivity contribution in [3.63, 3.8) is 0 Å². The Balaban J connectivity index is 1.48. The summed E-state index contributed by atoms with van der Waals surface area (Å²) in [7, 11) is 0. The number of carbonyl (C=O) groups is 3. The van der Waals surface area contributed by atoms with E-state index in [1.165, 1.54) is 16.7 Å². The number of esters is 1. The van der Waals surface area contributed by atoms with E-state index >= 15 is 0 Å². The molecule has 4 atom stereocenters. The first-order chi connectivity index (χ1) is 19.0. The van der Waals surface area contributed by atoms with E-state index in [1.807, 2.05) is 19.9 Å². The van der Waals surface area contributed by atoms with Gasteiger partial charge >= 0.3 is 5.97 Å². The van der Waals surface area contributed by atoms with Gasteiger partial charge in [-0.15, -0.1) is 11.8 Å². The Kier molecular flexibility index (Phi) is 11.6. The Morgan fingerprint density at radius 3 is 2.58 bits per heavy atom. The maximum Gasteiger partial charge on any atom is 0.323 e. The van der Waals surface area contributed by atoms with Gasteiger partial charge in [-0.25, -0.2) is 13.2 Å². The van der Waals surface area contributed by atoms with Crippen LogP contribution in [0.25, 0.3) is 0 Å². The van der Waals surface area contributed by atoms with Crippen molar-refractivity contribution in [1.29, 1.82) is 0 Å². The summed E-state index contributed by atoms with van der Waals surface area (Å²) in [6, 6.07) is -0.272. The molecule has 1 saturated heterocycles. The summed E-state index contributed by atoms with van der Waals surface area (Å²) >= 11 is 1.32. The second kappa shape index (κ2) is 14.6. The zero-order chi connectivity index (χ0) is 29.4. The van der Waals surface area contributed by atoms with E-state index in [1.54, 1.807) is 13.0 Å². The summed E-state index contributed by atoms with van der Waals surface area (Å²) in [4.78, 5) is 43.9. The second-order valence-electron chi connectivity index (χ2n) is 9.99. The summed E-state index contributed by atoms with van der Waals surface area (Å²) in [6.45, 7) is 6.83. The van der Waals surface area contributed by atoms with Crippen LogP contribution in [-0.2, 0) is 25.5 Å². The number of ether oxygens (including phenoxy) is 1. The lowest BCUT2D eigenvalue weighted by molar-refractivity contribution is -0.147. The van der Waals surface area contributed by atoms with Crippen LogP contribution in [0.2, 0.25) is 0 Å². The van der Waals surface area contributed by atoms with Crippen LogP contribution in [0.15, 0.2) is 29.3 Å². The number of benzene rings is 1. The topological polar surface area (TPSA) is 126 Å². The lowest BCUT2D eigenvalue weighted by Gasteiger charge is -2.26. The second-order valence-corrected chi connectivity index (χ2v) is 11.2. The van der Waals surface area contributed by atoms with Gasteiger partial charge < -0.3 is 20.7 Å². The lowest BCUT2D eigenvalue weighted by Crippen LogP contribution is -2.49. The predicted octanol–water partition coefficient (Wildman–Crippen LogP) is 1.94. The first-order valence-electron chi connectivity index (χ1n) is 13.2. The smallest absolute Gasteiger partial charge is 0.323 e. The van der Waals surface area contributed by atoms with Gasteiger partial charge in [-0.1, -0.05) is 19.9 Å². The third-order valence-electron chi connectivity index (χ3n) is 6.50. The molecule has 2 aliphatic heterocycles. The van der Waals surface area contributed by atoms with Crippen molar-refractivity contribution in [2.24, 2.45) is 16.6 Å². The molecule has 220 valence electrons. The van der Waals surface area contributed by atoms with Crippen LogP contribution in [0, 0.1) is 23.4 Å². The molecule has 0 aliphatic carbocycles. The maximum atomic E-state index is 14.0. The van der Waals surface area contributed by atoms with Crippen molar-refractivity contribution < 1.29 is 32.3 Å². The van der Waals surface area contributed by atoms with E-state index in [0.29, 0.717) is 37.2 Å². The summed E-state index contributed by atoms with van der Waals surface area (Å²) in [5, 5.41) is 5.32. The normalized spacial score (nSPS) is 20.3. The highest BCUT2D eigenvalue weighted by Crippen LogP contribution is 2.25. The van der Waals surface area contributed by atoms with Crippen LogP contribution in [0.4, 0.5) is 13.2 Å². The molecule has 2 amide bonds. The van der Waals surface area contributed by atoms with Gasteiger partial charge in [0, 0.05) is 36.9 Å². The highest BCUT2D eigenvalue weighted by Gasteiger charge is 2.35. The number of nitrogens with zero attached hydrogens (tertiary/aromatic N) is 2. The van der Waals surface area contributed by atoms with Crippen LogP contribution in [0.1, 0.15) is 32.8 Å². The van der Waals surface area contributed by atoms with Gasteiger partial charge in [-0.3, -0.25) is 24.7 Å². The van der Waals surface area contributed by atoms with E-state index < -0.39 is 34.9 Å². The Bertz CT molecular complexity index is 1150. The number of aliphatic imine (C=N–C) groups is 1. The SMILES string of the molecule is CCOC(=O)C(NC1C=CC(CNC(=O)[C@@H]2SCCN2C(=O)C[C@H](N)Cc2cc(F)c(F)cc2F)=NC1)C(C)C. The zero-order valence-corrected chi connectivity index (χ0v) is 23.6. The van der Waals surface area contributed by atoms with Gasteiger partial charge in [0.25, 0.3) is 5.91 Å². The first-order valence-corrected chi connectivity index (χ1v) is 14.3. The average molecular weight is 584 g/mol. The summed E-state index contributed by atoms with van der Waals surface area (Å²) in [5.41, 5.74) is 6.54. The number of rotatable bonds is 12. The molecule has 1 aromatic carbocycles. The number of thioether (sulfide) groups is 1. The van der Waals surface area contributed by atoms with Crippen LogP contribution in [0.5, 0.6) is 0 Å². The number of carbonyl (C=O) groups excluding carboxylic acids is 3. The predicted molar refractivity (Wildman–Crippen MR) is 147 cm³/mol. The molecule has 0 saturated carbocycles. The van der Waals surface area contributed by atoms with Crippen LogP contribution >= 0.6 is 11.8 Å². The van der Waals surface area contributed by atoms with Crippen LogP contribution < -0.4 is 16.4 Å². The Labute approximate surface area is 236 Å². The monoisotopic (exact) mass is 583 g/mol. The molecule has 2 aliphatic rings. The number of halogens is 3. The van der Waals surface area contributed by atoms with Crippen molar-refractivity contribution >= 4 is 35.3 Å². The molecule has 4 N–H and O–H groups in total. The standard InChI is InChI=1S/C27H36F3N5O4S/c1-4-39-27(38)24(15(2)3)34-19-6-5-18(32-14-19)13-33-25(37)26-35(7-8-40-26)23(36)11-17(31)9-16-10-21(29)22(30)12-20(16)28/h5-6,10,12,15,17,19,24,26,34H,4,7-9,11,13-14,31H2,1-3H3,(H,33,37)/t17-,19?,24?,26+/m1/s1. The molecule has 2 unspecified atom stereocenters. The number of nitrogens with two attached hydrogens (primary N) is 1. The van der Waals surface area contributed by atoms with Crippen LogP contribution in [-0.4, -0.2) is 83.9 Å². The first kappa shape index (κ1) is 31.6. The van der Waals surface area contributed by atoms with E-state index in [9.17, 15) is 27.6 Å². The van der Waals surface area contributed by atoms with E-state index in [4.69, 9.17) is 10.5 Å². The Morgan fingerprint density at radius 2 is 1.93 bits per heavy atom. The van der Waals surface area contributed by atoms with Crippen molar-refractivity contribution in [3.8, 4) is 0 Å². The van der Waals surface area contributed by atoms with Gasteiger partial charge in [-0.2, -0.15) is 0 Å².